The number of amides is 1. The van der Waals surface area contributed by atoms with Crippen LogP contribution in [0.5, 0.6) is 0 Å². The Labute approximate surface area is 117 Å². The van der Waals surface area contributed by atoms with Gasteiger partial charge in [0.1, 0.15) is 5.69 Å². The minimum Gasteiger partial charge on any atom is -0.477 e. The van der Waals surface area contributed by atoms with E-state index in [9.17, 15) is 9.59 Å². The Morgan fingerprint density at radius 3 is 2.70 bits per heavy atom. The molecule has 1 amide bonds. The summed E-state index contributed by atoms with van der Waals surface area (Å²) < 4.78 is 0. The fourth-order valence-corrected chi connectivity index (χ4v) is 3.61. The molecule has 2 saturated carbocycles. The molecule has 2 aliphatic carbocycles. The van der Waals surface area contributed by atoms with Gasteiger partial charge in [0.2, 0.25) is 0 Å². The van der Waals surface area contributed by atoms with Gasteiger partial charge in [0.25, 0.3) is 5.91 Å². The van der Waals surface area contributed by atoms with Crippen LogP contribution in [0.3, 0.4) is 0 Å². The van der Waals surface area contributed by atoms with Gasteiger partial charge in [-0.2, -0.15) is 0 Å². The second kappa shape index (κ2) is 5.23. The van der Waals surface area contributed by atoms with Crippen LogP contribution in [-0.4, -0.2) is 28.5 Å². The minimum atomic E-state index is -1.08. The summed E-state index contributed by atoms with van der Waals surface area (Å²) in [5.74, 6) is 1.02. The average Bonchev–Trinajstić information content (AvgIpc) is 3.07. The molecule has 2 fully saturated rings. The lowest BCUT2D eigenvalue weighted by molar-refractivity contribution is 0.0689. The van der Waals surface area contributed by atoms with E-state index in [2.05, 4.69) is 10.3 Å². The van der Waals surface area contributed by atoms with Crippen LogP contribution in [0.2, 0.25) is 0 Å². The van der Waals surface area contributed by atoms with E-state index in [1.165, 1.54) is 44.0 Å². The Balaban J connectivity index is 1.55. The third-order valence-electron chi connectivity index (χ3n) is 4.65. The number of hydrogen-bond donors (Lipinski definition) is 2. The zero-order valence-corrected chi connectivity index (χ0v) is 11.2. The van der Waals surface area contributed by atoms with E-state index in [-0.39, 0.29) is 11.6 Å². The number of rotatable bonds is 4. The molecule has 0 spiro atoms. The predicted molar refractivity (Wildman–Crippen MR) is 72.5 cm³/mol. The highest BCUT2D eigenvalue weighted by atomic mass is 16.4. The molecule has 2 bridgehead atoms. The maximum Gasteiger partial charge on any atom is 0.354 e. The second-order valence-corrected chi connectivity index (χ2v) is 5.88. The van der Waals surface area contributed by atoms with Crippen LogP contribution in [0, 0.1) is 17.8 Å². The normalized spacial score (nSPS) is 27.5. The highest BCUT2D eigenvalue weighted by Crippen LogP contribution is 2.47. The van der Waals surface area contributed by atoms with Crippen molar-refractivity contribution in [3.8, 4) is 0 Å². The molecule has 3 rings (SSSR count). The SMILES string of the molecule is O=C(NCC1CC2CCC1C2)c1ccc(C(=O)O)nc1. The first-order valence-corrected chi connectivity index (χ1v) is 7.11. The Bertz CT molecular complexity index is 526. The number of nitrogens with zero attached hydrogens (tertiary/aromatic N) is 1. The lowest BCUT2D eigenvalue weighted by atomic mass is 9.89. The number of carbonyl (C=O) groups excluding carboxylic acids is 1. The topological polar surface area (TPSA) is 79.3 Å². The van der Waals surface area contributed by atoms with Gasteiger partial charge in [-0.3, -0.25) is 4.79 Å². The van der Waals surface area contributed by atoms with E-state index in [4.69, 9.17) is 5.11 Å². The first-order valence-electron chi connectivity index (χ1n) is 7.11. The Hall–Kier alpha value is -1.91. The number of hydrogen-bond acceptors (Lipinski definition) is 3. The molecule has 2 N–H and O–H groups in total. The van der Waals surface area contributed by atoms with Crippen LogP contribution < -0.4 is 5.32 Å². The molecule has 3 unspecified atom stereocenters. The molecule has 2 aliphatic rings. The number of aromatic carboxylic acids is 1. The van der Waals surface area contributed by atoms with Crippen LogP contribution in [-0.2, 0) is 0 Å². The van der Waals surface area contributed by atoms with Crippen LogP contribution in [0.4, 0.5) is 0 Å². The van der Waals surface area contributed by atoms with Gasteiger partial charge in [0.05, 0.1) is 5.56 Å². The Morgan fingerprint density at radius 1 is 1.30 bits per heavy atom. The maximum atomic E-state index is 12.0. The molecular formula is C15H18N2O3. The third kappa shape index (κ3) is 2.53. The van der Waals surface area contributed by atoms with Crippen molar-refractivity contribution in [1.29, 1.82) is 0 Å². The van der Waals surface area contributed by atoms with Gasteiger partial charge in [-0.05, 0) is 49.1 Å². The number of carbonyl (C=O) groups is 2. The largest absolute Gasteiger partial charge is 0.477 e. The Kier molecular flexibility index (Phi) is 3.42. The average molecular weight is 274 g/mol. The van der Waals surface area contributed by atoms with E-state index < -0.39 is 5.97 Å². The minimum absolute atomic E-state index is 0.0466. The standard InChI is InChI=1S/C15H18N2O3/c18-14(11-3-4-13(15(19)20)16-7-11)17-8-12-6-9-1-2-10(12)5-9/h3-4,7,9-10,12H,1-2,5-6,8H2,(H,17,18)(H,19,20). The molecule has 1 heterocycles. The predicted octanol–water partition coefficient (Wildman–Crippen LogP) is 1.95. The van der Waals surface area contributed by atoms with Crippen molar-refractivity contribution in [2.45, 2.75) is 25.7 Å². The van der Waals surface area contributed by atoms with E-state index in [1.54, 1.807) is 0 Å². The van der Waals surface area contributed by atoms with Crippen LogP contribution in [0.25, 0.3) is 0 Å². The smallest absolute Gasteiger partial charge is 0.354 e. The van der Waals surface area contributed by atoms with Crippen LogP contribution in [0.1, 0.15) is 46.5 Å². The van der Waals surface area contributed by atoms with E-state index in [1.807, 2.05) is 0 Å². The molecule has 106 valence electrons. The second-order valence-electron chi connectivity index (χ2n) is 5.88. The van der Waals surface area contributed by atoms with Gasteiger partial charge in [0.15, 0.2) is 0 Å². The van der Waals surface area contributed by atoms with E-state index in [0.717, 1.165) is 18.4 Å². The highest BCUT2D eigenvalue weighted by Gasteiger charge is 2.39. The zero-order chi connectivity index (χ0) is 14.1. The summed E-state index contributed by atoms with van der Waals surface area (Å²) >= 11 is 0. The van der Waals surface area contributed by atoms with Gasteiger partial charge < -0.3 is 10.4 Å². The van der Waals surface area contributed by atoms with Crippen molar-refractivity contribution in [3.63, 3.8) is 0 Å². The first-order chi connectivity index (χ1) is 9.63. The molecule has 20 heavy (non-hydrogen) atoms. The van der Waals surface area contributed by atoms with Crippen LogP contribution in [0.15, 0.2) is 18.3 Å². The van der Waals surface area contributed by atoms with Gasteiger partial charge >= 0.3 is 5.97 Å². The fraction of sp³-hybridized carbons (Fsp3) is 0.533. The number of aromatic nitrogens is 1. The number of carboxylic acids is 1. The zero-order valence-electron chi connectivity index (χ0n) is 11.2. The van der Waals surface area contributed by atoms with Gasteiger partial charge in [-0.25, -0.2) is 9.78 Å². The third-order valence-corrected chi connectivity index (χ3v) is 4.65. The molecule has 5 heteroatoms. The maximum absolute atomic E-state index is 12.0. The van der Waals surface area contributed by atoms with Crippen molar-refractivity contribution in [2.75, 3.05) is 6.54 Å². The summed E-state index contributed by atoms with van der Waals surface area (Å²) in [7, 11) is 0. The Morgan fingerprint density at radius 2 is 2.15 bits per heavy atom. The number of nitrogens with one attached hydrogen (secondary N) is 1. The van der Waals surface area contributed by atoms with Gasteiger partial charge in [-0.15, -0.1) is 0 Å². The molecule has 0 saturated heterocycles. The fourth-order valence-electron chi connectivity index (χ4n) is 3.61. The van der Waals surface area contributed by atoms with Crippen molar-refractivity contribution in [1.82, 2.24) is 10.3 Å². The summed E-state index contributed by atoms with van der Waals surface area (Å²) in [6.07, 6.45) is 6.55. The molecule has 0 aromatic carbocycles. The number of carboxylic acid groups (broad SMARTS) is 1. The van der Waals surface area contributed by atoms with Crippen molar-refractivity contribution in [3.05, 3.63) is 29.6 Å². The highest BCUT2D eigenvalue weighted by molar-refractivity contribution is 5.94. The molecule has 0 aliphatic heterocycles. The molecule has 5 nitrogen and oxygen atoms in total. The summed E-state index contributed by atoms with van der Waals surface area (Å²) in [6, 6.07) is 2.86. The lowest BCUT2D eigenvalue weighted by Crippen LogP contribution is -2.31. The van der Waals surface area contributed by atoms with Crippen LogP contribution >= 0.6 is 0 Å². The van der Waals surface area contributed by atoms with Gasteiger partial charge in [-0.1, -0.05) is 6.42 Å². The summed E-state index contributed by atoms with van der Waals surface area (Å²) in [5.41, 5.74) is 0.368. The van der Waals surface area contributed by atoms with Crippen molar-refractivity contribution in [2.24, 2.45) is 17.8 Å². The van der Waals surface area contributed by atoms with Crippen molar-refractivity contribution < 1.29 is 14.7 Å². The van der Waals surface area contributed by atoms with Crippen molar-refractivity contribution >= 4 is 11.9 Å². The molecule has 3 atom stereocenters. The summed E-state index contributed by atoms with van der Waals surface area (Å²) in [6.45, 7) is 0.723. The molecule has 1 aromatic rings. The number of fused-ring (bicyclic) bond motifs is 2. The van der Waals surface area contributed by atoms with E-state index in [0.29, 0.717) is 11.5 Å². The monoisotopic (exact) mass is 274 g/mol. The molecule has 0 radical (unpaired) electrons. The summed E-state index contributed by atoms with van der Waals surface area (Å²) in [5, 5.41) is 11.7. The quantitative estimate of drug-likeness (QED) is 0.879. The van der Waals surface area contributed by atoms with Gasteiger partial charge in [0, 0.05) is 12.7 Å². The molecule has 1 aromatic heterocycles. The number of pyridine rings is 1. The lowest BCUT2D eigenvalue weighted by Gasteiger charge is -2.21. The summed E-state index contributed by atoms with van der Waals surface area (Å²) in [4.78, 5) is 26.4. The first kappa shape index (κ1) is 13.1. The van der Waals surface area contributed by atoms with E-state index >= 15 is 0 Å². The molecular weight excluding hydrogens is 256 g/mol.